The van der Waals surface area contributed by atoms with E-state index in [4.69, 9.17) is 19.0 Å². The second kappa shape index (κ2) is 11.1. The van der Waals surface area contributed by atoms with Gasteiger partial charge in [-0.2, -0.15) is 5.48 Å². The van der Waals surface area contributed by atoms with Gasteiger partial charge in [0.25, 0.3) is 0 Å². The summed E-state index contributed by atoms with van der Waals surface area (Å²) in [6.07, 6.45) is 2.53. The molecule has 0 heterocycles. The molecule has 0 saturated carbocycles. The molecule has 0 spiro atoms. The highest BCUT2D eigenvalue weighted by Crippen LogP contribution is 2.26. The Balaban J connectivity index is 1.56. The summed E-state index contributed by atoms with van der Waals surface area (Å²) < 4.78 is 17.4. The molecule has 1 aliphatic carbocycles. The van der Waals surface area contributed by atoms with Crippen LogP contribution < -0.4 is 5.48 Å². The van der Waals surface area contributed by atoms with Gasteiger partial charge in [-0.05, 0) is 31.9 Å². The Hall–Kier alpha value is -2.67. The minimum absolute atomic E-state index is 0.00198. The van der Waals surface area contributed by atoms with Crippen molar-refractivity contribution in [2.24, 2.45) is 5.92 Å². The van der Waals surface area contributed by atoms with Crippen molar-refractivity contribution in [2.45, 2.75) is 51.8 Å². The van der Waals surface area contributed by atoms with Crippen molar-refractivity contribution in [3.05, 3.63) is 83.9 Å². The van der Waals surface area contributed by atoms with Crippen LogP contribution in [0.1, 0.15) is 31.9 Å². The van der Waals surface area contributed by atoms with E-state index in [2.05, 4.69) is 5.48 Å². The number of rotatable bonds is 9. The molecule has 3 atom stereocenters. The molecule has 0 aromatic heterocycles. The highest BCUT2D eigenvalue weighted by molar-refractivity contribution is 5.66. The van der Waals surface area contributed by atoms with Crippen molar-refractivity contribution < 1.29 is 23.8 Å². The molecule has 0 bridgehead atoms. The molecule has 31 heavy (non-hydrogen) atoms. The van der Waals surface area contributed by atoms with Gasteiger partial charge in [0.2, 0.25) is 0 Å². The van der Waals surface area contributed by atoms with Crippen LogP contribution in [0.3, 0.4) is 0 Å². The lowest BCUT2D eigenvalue weighted by Gasteiger charge is -2.26. The lowest BCUT2D eigenvalue weighted by Crippen LogP contribution is -2.40. The van der Waals surface area contributed by atoms with Crippen molar-refractivity contribution in [3.8, 4) is 0 Å². The largest absolute Gasteiger partial charge is 0.442 e. The van der Waals surface area contributed by atoms with Crippen molar-refractivity contribution >= 4 is 6.09 Å². The number of hydrogen-bond acceptors (Lipinski definition) is 5. The van der Waals surface area contributed by atoms with E-state index in [1.54, 1.807) is 20.8 Å². The first kappa shape index (κ1) is 23.0. The van der Waals surface area contributed by atoms with Crippen LogP contribution in [0.25, 0.3) is 0 Å². The van der Waals surface area contributed by atoms with E-state index < -0.39 is 17.8 Å². The molecule has 0 radical (unpaired) electrons. The number of nitrogens with one attached hydrogen (secondary N) is 1. The van der Waals surface area contributed by atoms with E-state index >= 15 is 0 Å². The molecule has 6 nitrogen and oxygen atoms in total. The quantitative estimate of drug-likeness (QED) is 0.462. The zero-order chi connectivity index (χ0) is 22.1. The first-order valence-corrected chi connectivity index (χ1v) is 10.5. The fourth-order valence-corrected chi connectivity index (χ4v) is 3.26. The van der Waals surface area contributed by atoms with E-state index in [9.17, 15) is 4.79 Å². The van der Waals surface area contributed by atoms with Crippen LogP contribution in [-0.4, -0.2) is 30.5 Å². The molecule has 6 heteroatoms. The predicted molar refractivity (Wildman–Crippen MR) is 118 cm³/mol. The third-order valence-electron chi connectivity index (χ3n) is 4.68. The monoisotopic (exact) mass is 425 g/mol. The summed E-state index contributed by atoms with van der Waals surface area (Å²) in [6.45, 7) is 6.85. The minimum atomic E-state index is -0.633. The third kappa shape index (κ3) is 7.83. The highest BCUT2D eigenvalue weighted by atomic mass is 16.7. The molecule has 0 unspecified atom stereocenters. The summed E-state index contributed by atoms with van der Waals surface area (Å²) >= 11 is 0. The van der Waals surface area contributed by atoms with Gasteiger partial charge in [0.1, 0.15) is 11.7 Å². The third-order valence-corrected chi connectivity index (χ3v) is 4.68. The number of hydroxylamine groups is 1. The van der Waals surface area contributed by atoms with Gasteiger partial charge in [0, 0.05) is 5.92 Å². The van der Waals surface area contributed by atoms with Gasteiger partial charge in [0.15, 0.2) is 0 Å². The number of hydrogen-bond donors (Lipinski definition) is 1. The molecule has 2 aromatic carbocycles. The van der Waals surface area contributed by atoms with Crippen LogP contribution in [0.5, 0.6) is 0 Å². The number of amides is 1. The number of benzene rings is 2. The number of carbonyl (C=O) groups excluding carboxylic acids is 1. The van der Waals surface area contributed by atoms with E-state index in [1.807, 2.05) is 72.8 Å². The van der Waals surface area contributed by atoms with E-state index in [-0.39, 0.29) is 12.0 Å². The van der Waals surface area contributed by atoms with E-state index in [0.717, 1.165) is 11.1 Å². The van der Waals surface area contributed by atoms with Gasteiger partial charge in [-0.25, -0.2) is 4.79 Å². The minimum Gasteiger partial charge on any atom is -0.442 e. The first-order valence-electron chi connectivity index (χ1n) is 10.5. The molecule has 1 amide bonds. The Morgan fingerprint density at radius 1 is 0.903 bits per heavy atom. The molecule has 166 valence electrons. The molecule has 2 aromatic rings. The molecule has 3 rings (SSSR count). The SMILES string of the molecule is CC(C)(C)OC(=O)NO[C@@H]1C=C[C@H](COCc2ccccc2)[C@H]1OCc1ccccc1. The Morgan fingerprint density at radius 2 is 1.52 bits per heavy atom. The van der Waals surface area contributed by atoms with Gasteiger partial charge < -0.3 is 14.2 Å². The first-order chi connectivity index (χ1) is 14.9. The Morgan fingerprint density at radius 3 is 2.13 bits per heavy atom. The number of carbonyl (C=O) groups is 1. The fourth-order valence-electron chi connectivity index (χ4n) is 3.26. The van der Waals surface area contributed by atoms with Gasteiger partial charge in [-0.3, -0.25) is 4.84 Å². The van der Waals surface area contributed by atoms with E-state index in [1.165, 1.54) is 0 Å². The van der Waals surface area contributed by atoms with Crippen LogP contribution in [0, 0.1) is 5.92 Å². The maximum atomic E-state index is 12.0. The summed E-state index contributed by atoms with van der Waals surface area (Å²) in [4.78, 5) is 17.6. The second-order valence-electron chi connectivity index (χ2n) is 8.50. The second-order valence-corrected chi connectivity index (χ2v) is 8.50. The van der Waals surface area contributed by atoms with Crippen LogP contribution in [0.2, 0.25) is 0 Å². The van der Waals surface area contributed by atoms with Gasteiger partial charge in [-0.1, -0.05) is 72.8 Å². The maximum absolute atomic E-state index is 12.0. The molecule has 1 N–H and O–H groups in total. The predicted octanol–water partition coefficient (Wildman–Crippen LogP) is 4.80. The zero-order valence-corrected chi connectivity index (χ0v) is 18.3. The summed E-state index contributed by atoms with van der Waals surface area (Å²) in [5.41, 5.74) is 3.96. The molecular formula is C25H31NO5. The highest BCUT2D eigenvalue weighted by Gasteiger charge is 2.35. The average Bonchev–Trinajstić information content (AvgIpc) is 3.13. The zero-order valence-electron chi connectivity index (χ0n) is 18.3. The van der Waals surface area contributed by atoms with Crippen molar-refractivity contribution in [1.82, 2.24) is 5.48 Å². The fraction of sp³-hybridized carbons (Fsp3) is 0.400. The molecular weight excluding hydrogens is 394 g/mol. The maximum Gasteiger partial charge on any atom is 0.431 e. The summed E-state index contributed by atoms with van der Waals surface area (Å²) in [7, 11) is 0. The van der Waals surface area contributed by atoms with Crippen LogP contribution in [0.4, 0.5) is 4.79 Å². The van der Waals surface area contributed by atoms with Gasteiger partial charge in [0.05, 0.1) is 25.9 Å². The van der Waals surface area contributed by atoms with Crippen LogP contribution >= 0.6 is 0 Å². The lowest BCUT2D eigenvalue weighted by atomic mass is 10.1. The summed E-state index contributed by atoms with van der Waals surface area (Å²) in [6, 6.07) is 20.0. The summed E-state index contributed by atoms with van der Waals surface area (Å²) in [5.74, 6) is -0.00198. The molecule has 0 aliphatic heterocycles. The van der Waals surface area contributed by atoms with Crippen LogP contribution in [0.15, 0.2) is 72.8 Å². The van der Waals surface area contributed by atoms with Crippen LogP contribution in [-0.2, 0) is 32.3 Å². The molecule has 1 aliphatic rings. The van der Waals surface area contributed by atoms with Crippen molar-refractivity contribution in [3.63, 3.8) is 0 Å². The van der Waals surface area contributed by atoms with Gasteiger partial charge in [-0.15, -0.1) is 0 Å². The van der Waals surface area contributed by atoms with Crippen molar-refractivity contribution in [1.29, 1.82) is 0 Å². The molecule has 0 saturated heterocycles. The number of ether oxygens (including phenoxy) is 3. The Bertz CT molecular complexity index is 832. The Kier molecular flexibility index (Phi) is 8.23. The molecule has 0 fully saturated rings. The average molecular weight is 426 g/mol. The lowest BCUT2D eigenvalue weighted by molar-refractivity contribution is -0.108. The summed E-state index contributed by atoms with van der Waals surface area (Å²) in [5, 5.41) is 0. The standard InChI is InChI=1S/C25H31NO5/c1-25(2,3)30-24(27)26-31-22-15-14-21(18-28-16-19-10-6-4-7-11-19)23(22)29-17-20-12-8-5-9-13-20/h4-15,21-23H,16-18H2,1-3H3,(H,26,27)/t21-,22-,23-/m1/s1. The normalized spacial score (nSPS) is 20.5. The smallest absolute Gasteiger partial charge is 0.431 e. The Labute approximate surface area is 184 Å². The van der Waals surface area contributed by atoms with E-state index in [0.29, 0.717) is 19.8 Å². The van der Waals surface area contributed by atoms with Crippen molar-refractivity contribution in [2.75, 3.05) is 6.61 Å². The van der Waals surface area contributed by atoms with Gasteiger partial charge >= 0.3 is 6.09 Å². The topological polar surface area (TPSA) is 66.0 Å².